The van der Waals surface area contributed by atoms with Crippen LogP contribution in [0.25, 0.3) is 0 Å². The predicted octanol–water partition coefficient (Wildman–Crippen LogP) is 3.25. The Balaban J connectivity index is 2.49. The van der Waals surface area contributed by atoms with Crippen LogP contribution in [-0.4, -0.2) is 43.7 Å². The Morgan fingerprint density at radius 2 is 1.95 bits per heavy atom. The smallest absolute Gasteiger partial charge is 0.361 e. The van der Waals surface area contributed by atoms with Gasteiger partial charge in [0.15, 0.2) is 6.54 Å². The van der Waals surface area contributed by atoms with Gasteiger partial charge in [-0.3, -0.25) is 0 Å². The van der Waals surface area contributed by atoms with Crippen LogP contribution in [-0.2, 0) is 9.53 Å². The number of nitrogens with zero attached hydrogens (tertiary/aromatic N) is 1. The summed E-state index contributed by atoms with van der Waals surface area (Å²) in [7, 11) is 2.11. The van der Waals surface area contributed by atoms with Crippen LogP contribution in [0.2, 0.25) is 0 Å². The largest absolute Gasteiger partial charge is 0.461 e. The lowest BCUT2D eigenvalue weighted by atomic mass is 9.75. The van der Waals surface area contributed by atoms with Crippen LogP contribution in [0.4, 0.5) is 0 Å². The third-order valence-electron chi connectivity index (χ3n) is 5.07. The number of carbonyl (C=O) groups is 1. The third-order valence-corrected chi connectivity index (χ3v) is 5.07. The van der Waals surface area contributed by atoms with Crippen molar-refractivity contribution in [1.29, 1.82) is 0 Å². The van der Waals surface area contributed by atoms with E-state index in [1.807, 2.05) is 0 Å². The Labute approximate surface area is 124 Å². The second kappa shape index (κ2) is 7.26. The highest BCUT2D eigenvalue weighted by Crippen LogP contribution is 2.33. The number of quaternary nitrogens is 1. The molecule has 0 fully saturated rings. The summed E-state index contributed by atoms with van der Waals surface area (Å²) >= 11 is 0. The predicted molar refractivity (Wildman–Crippen MR) is 83.3 cm³/mol. The molecule has 1 aliphatic rings. The summed E-state index contributed by atoms with van der Waals surface area (Å²) in [5.41, 5.74) is 1.47. The van der Waals surface area contributed by atoms with Gasteiger partial charge in [0.25, 0.3) is 0 Å². The Morgan fingerprint density at radius 3 is 2.45 bits per heavy atom. The van der Waals surface area contributed by atoms with Crippen molar-refractivity contribution in [3.8, 4) is 0 Å². The van der Waals surface area contributed by atoms with Crippen LogP contribution in [0.3, 0.4) is 0 Å². The second-order valence-corrected chi connectivity index (χ2v) is 6.81. The van der Waals surface area contributed by atoms with E-state index in [0.29, 0.717) is 30.9 Å². The molecular formula is C17H32NO2+. The fourth-order valence-electron chi connectivity index (χ4n) is 3.13. The molecule has 0 aromatic carbocycles. The average molecular weight is 282 g/mol. The molecule has 0 aliphatic heterocycles. The standard InChI is InChI=1S/C17H32NO2/c1-7-18(6,8-2)11-17(19)20-12-16-14(4)9-13(3)10-15(16)5/h9,14-16H,7-8,10-12H2,1-6H3/q+1/t14-,15-,16-/m0/s1. The first-order valence-electron chi connectivity index (χ1n) is 7.97. The zero-order chi connectivity index (χ0) is 15.3. The molecular weight excluding hydrogens is 250 g/mol. The Kier molecular flexibility index (Phi) is 6.25. The topological polar surface area (TPSA) is 26.3 Å². The fraction of sp³-hybridized carbons (Fsp3) is 0.824. The molecule has 0 N–H and O–H groups in total. The molecule has 0 heterocycles. The van der Waals surface area contributed by atoms with Crippen molar-refractivity contribution in [3.63, 3.8) is 0 Å². The SMILES string of the molecule is CC[N+](C)(CC)CC(=O)OC[C@H]1[C@@H](C)C=C(C)C[C@@H]1C. The number of ether oxygens (including phenoxy) is 1. The zero-order valence-electron chi connectivity index (χ0n) is 14.1. The van der Waals surface area contributed by atoms with Crippen molar-refractivity contribution in [2.24, 2.45) is 17.8 Å². The van der Waals surface area contributed by atoms with Gasteiger partial charge in [0.2, 0.25) is 0 Å². The molecule has 0 unspecified atom stereocenters. The van der Waals surface area contributed by atoms with E-state index in [1.54, 1.807) is 0 Å². The molecule has 0 aromatic heterocycles. The lowest BCUT2D eigenvalue weighted by Gasteiger charge is -2.34. The maximum atomic E-state index is 12.0. The molecule has 0 amide bonds. The molecule has 0 spiro atoms. The summed E-state index contributed by atoms with van der Waals surface area (Å²) in [5, 5.41) is 0. The molecule has 0 saturated carbocycles. The Hall–Kier alpha value is -0.830. The Morgan fingerprint density at radius 1 is 1.35 bits per heavy atom. The first kappa shape index (κ1) is 17.2. The number of esters is 1. The summed E-state index contributed by atoms with van der Waals surface area (Å²) in [6.45, 7) is 13.9. The molecule has 1 aliphatic carbocycles. The first-order valence-corrected chi connectivity index (χ1v) is 7.97. The monoisotopic (exact) mass is 282 g/mol. The second-order valence-electron chi connectivity index (χ2n) is 6.81. The maximum absolute atomic E-state index is 12.0. The number of allylic oxidation sites excluding steroid dienone is 2. The van der Waals surface area contributed by atoms with E-state index >= 15 is 0 Å². The Bertz CT molecular complexity index is 358. The number of hydrogen-bond donors (Lipinski definition) is 0. The highest BCUT2D eigenvalue weighted by atomic mass is 16.5. The van der Waals surface area contributed by atoms with Crippen LogP contribution in [0.5, 0.6) is 0 Å². The number of carbonyl (C=O) groups excluding carboxylic acids is 1. The van der Waals surface area contributed by atoms with Crippen molar-refractivity contribution in [1.82, 2.24) is 0 Å². The molecule has 0 radical (unpaired) electrons. The van der Waals surface area contributed by atoms with E-state index in [4.69, 9.17) is 4.74 Å². The molecule has 116 valence electrons. The van der Waals surface area contributed by atoms with Gasteiger partial charge in [0.1, 0.15) is 0 Å². The van der Waals surface area contributed by atoms with Gasteiger partial charge in [-0.1, -0.05) is 25.5 Å². The maximum Gasteiger partial charge on any atom is 0.361 e. The summed E-state index contributed by atoms with van der Waals surface area (Å²) < 4.78 is 6.33. The molecule has 3 heteroatoms. The van der Waals surface area contributed by atoms with Crippen molar-refractivity contribution >= 4 is 5.97 Å². The number of rotatable bonds is 6. The summed E-state index contributed by atoms with van der Waals surface area (Å²) in [4.78, 5) is 12.0. The molecule has 0 bridgehead atoms. The van der Waals surface area contributed by atoms with Gasteiger partial charge in [-0.05, 0) is 39.0 Å². The molecule has 0 aromatic rings. The number of hydrogen-bond acceptors (Lipinski definition) is 2. The van der Waals surface area contributed by atoms with E-state index in [9.17, 15) is 4.79 Å². The molecule has 0 saturated heterocycles. The van der Waals surface area contributed by atoms with E-state index in [2.05, 4.69) is 47.7 Å². The van der Waals surface area contributed by atoms with Crippen molar-refractivity contribution in [3.05, 3.63) is 11.6 Å². The van der Waals surface area contributed by atoms with Crippen molar-refractivity contribution in [2.75, 3.05) is 33.3 Å². The highest BCUT2D eigenvalue weighted by molar-refractivity contribution is 5.70. The molecule has 3 atom stereocenters. The average Bonchev–Trinajstić information content (AvgIpc) is 2.37. The quantitative estimate of drug-likeness (QED) is 0.425. The van der Waals surface area contributed by atoms with E-state index in [-0.39, 0.29) is 5.97 Å². The first-order chi connectivity index (χ1) is 9.31. The lowest BCUT2D eigenvalue weighted by molar-refractivity contribution is -0.899. The van der Waals surface area contributed by atoms with Gasteiger partial charge in [0, 0.05) is 5.92 Å². The van der Waals surface area contributed by atoms with Crippen LogP contribution in [0.1, 0.15) is 41.0 Å². The summed E-state index contributed by atoms with van der Waals surface area (Å²) in [6.07, 6.45) is 3.46. The van der Waals surface area contributed by atoms with Gasteiger partial charge in [0.05, 0.1) is 26.7 Å². The minimum atomic E-state index is -0.0538. The van der Waals surface area contributed by atoms with E-state index < -0.39 is 0 Å². The summed E-state index contributed by atoms with van der Waals surface area (Å²) in [6, 6.07) is 0. The fourth-order valence-corrected chi connectivity index (χ4v) is 3.13. The zero-order valence-corrected chi connectivity index (χ0v) is 14.1. The normalized spacial score (nSPS) is 27.1. The van der Waals surface area contributed by atoms with Crippen molar-refractivity contribution < 1.29 is 14.0 Å². The van der Waals surface area contributed by atoms with Crippen molar-refractivity contribution in [2.45, 2.75) is 41.0 Å². The van der Waals surface area contributed by atoms with Gasteiger partial charge >= 0.3 is 5.97 Å². The molecule has 20 heavy (non-hydrogen) atoms. The van der Waals surface area contributed by atoms with Crippen LogP contribution in [0.15, 0.2) is 11.6 Å². The summed E-state index contributed by atoms with van der Waals surface area (Å²) in [5.74, 6) is 1.51. The van der Waals surface area contributed by atoms with Gasteiger partial charge in [-0.25, -0.2) is 4.79 Å². The minimum absolute atomic E-state index is 0.0538. The number of likely N-dealkylation sites (N-methyl/N-ethyl adjacent to an activating group) is 1. The van der Waals surface area contributed by atoms with Gasteiger partial charge < -0.3 is 9.22 Å². The lowest BCUT2D eigenvalue weighted by Crippen LogP contribution is -2.48. The van der Waals surface area contributed by atoms with Crippen LogP contribution >= 0.6 is 0 Å². The van der Waals surface area contributed by atoms with E-state index in [0.717, 1.165) is 24.0 Å². The highest BCUT2D eigenvalue weighted by Gasteiger charge is 2.29. The third kappa shape index (κ3) is 4.62. The van der Waals surface area contributed by atoms with Gasteiger partial charge in [-0.15, -0.1) is 0 Å². The van der Waals surface area contributed by atoms with Crippen LogP contribution in [0, 0.1) is 17.8 Å². The van der Waals surface area contributed by atoms with Crippen LogP contribution < -0.4 is 0 Å². The molecule has 3 nitrogen and oxygen atoms in total. The minimum Gasteiger partial charge on any atom is -0.461 e. The molecule has 1 rings (SSSR count). The van der Waals surface area contributed by atoms with E-state index in [1.165, 1.54) is 5.57 Å². The van der Waals surface area contributed by atoms with Gasteiger partial charge in [-0.2, -0.15) is 0 Å².